The van der Waals surface area contributed by atoms with Crippen LogP contribution in [-0.2, 0) is 26.6 Å². The van der Waals surface area contributed by atoms with Crippen LogP contribution in [-0.4, -0.2) is 14.8 Å². The second kappa shape index (κ2) is 5.67. The molecule has 5 nitrogen and oxygen atoms in total. The van der Waals surface area contributed by atoms with Crippen LogP contribution in [0, 0.1) is 6.92 Å². The van der Waals surface area contributed by atoms with Crippen molar-refractivity contribution in [3.05, 3.63) is 33.7 Å². The van der Waals surface area contributed by atoms with Gasteiger partial charge in [0, 0.05) is 13.6 Å². The molecule has 0 atom stereocenters. The lowest BCUT2D eigenvalue weighted by molar-refractivity contribution is 0.446. The lowest BCUT2D eigenvalue weighted by atomic mass is 10.3. The zero-order chi connectivity index (χ0) is 13.1. The predicted octanol–water partition coefficient (Wildman–Crippen LogP) is 2.33. The average molecular weight is 313 g/mol. The van der Waals surface area contributed by atoms with Crippen molar-refractivity contribution in [2.75, 3.05) is 0 Å². The van der Waals surface area contributed by atoms with Gasteiger partial charge in [-0.05, 0) is 29.3 Å². The molecule has 0 saturated heterocycles. The molecule has 0 aliphatic heterocycles. The van der Waals surface area contributed by atoms with Gasteiger partial charge in [-0.25, -0.2) is 4.98 Å². The van der Waals surface area contributed by atoms with Gasteiger partial charge in [-0.1, -0.05) is 6.92 Å². The van der Waals surface area contributed by atoms with Crippen LogP contribution >= 0.6 is 15.9 Å². The van der Waals surface area contributed by atoms with E-state index < -0.39 is 0 Å². The topological polar surface area (TPSA) is 55.9 Å². The third-order valence-electron chi connectivity index (χ3n) is 2.74. The van der Waals surface area contributed by atoms with E-state index in [2.05, 4.69) is 38.3 Å². The predicted molar refractivity (Wildman–Crippen MR) is 72.1 cm³/mol. The van der Waals surface area contributed by atoms with Gasteiger partial charge in [-0.15, -0.1) is 0 Å². The number of oxazole rings is 1. The Labute approximate surface area is 115 Å². The first-order valence-corrected chi connectivity index (χ1v) is 6.73. The van der Waals surface area contributed by atoms with Gasteiger partial charge in [0.15, 0.2) is 0 Å². The molecular formula is C12H17BrN4O. The van der Waals surface area contributed by atoms with Crippen molar-refractivity contribution in [1.82, 2.24) is 20.1 Å². The minimum absolute atomic E-state index is 0.618. The van der Waals surface area contributed by atoms with Gasteiger partial charge in [-0.3, -0.25) is 4.68 Å². The summed E-state index contributed by atoms with van der Waals surface area (Å²) in [6.07, 6.45) is 2.65. The van der Waals surface area contributed by atoms with E-state index in [0.29, 0.717) is 12.4 Å². The van der Waals surface area contributed by atoms with Crippen molar-refractivity contribution in [2.45, 2.75) is 33.4 Å². The Kier molecular flexibility index (Phi) is 4.19. The molecule has 2 aromatic heterocycles. The van der Waals surface area contributed by atoms with Gasteiger partial charge in [-0.2, -0.15) is 5.10 Å². The van der Waals surface area contributed by atoms with Gasteiger partial charge >= 0.3 is 0 Å². The molecular weight excluding hydrogens is 296 g/mol. The first kappa shape index (κ1) is 13.3. The molecule has 6 heteroatoms. The van der Waals surface area contributed by atoms with Crippen molar-refractivity contribution in [2.24, 2.45) is 7.05 Å². The molecule has 2 heterocycles. The quantitative estimate of drug-likeness (QED) is 0.920. The van der Waals surface area contributed by atoms with Crippen LogP contribution in [0.2, 0.25) is 0 Å². The van der Waals surface area contributed by atoms with E-state index in [1.165, 1.54) is 0 Å². The van der Waals surface area contributed by atoms with E-state index in [4.69, 9.17) is 4.42 Å². The fraction of sp³-hybridized carbons (Fsp3) is 0.500. The molecule has 0 aliphatic rings. The number of hydrogen-bond donors (Lipinski definition) is 1. The number of nitrogens with zero attached hydrogens (tertiary/aromatic N) is 3. The maximum Gasteiger partial charge on any atom is 0.208 e. The highest BCUT2D eigenvalue weighted by Crippen LogP contribution is 2.21. The zero-order valence-corrected chi connectivity index (χ0v) is 12.4. The smallest absolute Gasteiger partial charge is 0.208 e. The summed E-state index contributed by atoms with van der Waals surface area (Å²) in [5.74, 6) is 1.54. The van der Waals surface area contributed by atoms with Crippen LogP contribution in [0.4, 0.5) is 0 Å². The van der Waals surface area contributed by atoms with E-state index in [0.717, 1.165) is 34.6 Å². The SMILES string of the molecule is CCc1nn(C)c(CNCc2ncc(C)o2)c1Br. The molecule has 0 aromatic carbocycles. The number of halogens is 1. The van der Waals surface area contributed by atoms with Crippen LogP contribution in [0.5, 0.6) is 0 Å². The summed E-state index contributed by atoms with van der Waals surface area (Å²) in [6, 6.07) is 0. The summed E-state index contributed by atoms with van der Waals surface area (Å²) < 4.78 is 8.39. The maximum absolute atomic E-state index is 5.40. The van der Waals surface area contributed by atoms with Crippen molar-refractivity contribution < 1.29 is 4.42 Å². The Bertz CT molecular complexity index is 532. The third-order valence-corrected chi connectivity index (χ3v) is 3.66. The second-order valence-corrected chi connectivity index (χ2v) is 4.95. The Morgan fingerprint density at radius 2 is 2.22 bits per heavy atom. The number of hydrogen-bond acceptors (Lipinski definition) is 4. The monoisotopic (exact) mass is 312 g/mol. The average Bonchev–Trinajstić information content (AvgIpc) is 2.86. The second-order valence-electron chi connectivity index (χ2n) is 4.15. The normalized spacial score (nSPS) is 11.1. The molecule has 18 heavy (non-hydrogen) atoms. The van der Waals surface area contributed by atoms with Gasteiger partial charge in [0.05, 0.1) is 28.6 Å². The van der Waals surface area contributed by atoms with Gasteiger partial charge < -0.3 is 9.73 Å². The zero-order valence-electron chi connectivity index (χ0n) is 10.8. The van der Waals surface area contributed by atoms with Crippen molar-refractivity contribution in [3.8, 4) is 0 Å². The molecule has 2 aromatic rings. The molecule has 1 N–H and O–H groups in total. The fourth-order valence-corrected chi connectivity index (χ4v) is 2.54. The molecule has 0 amide bonds. The van der Waals surface area contributed by atoms with Crippen molar-refractivity contribution >= 4 is 15.9 Å². The molecule has 0 bridgehead atoms. The van der Waals surface area contributed by atoms with Gasteiger partial charge in [0.1, 0.15) is 5.76 Å². The Morgan fingerprint density at radius 3 is 2.78 bits per heavy atom. The third kappa shape index (κ3) is 2.81. The lowest BCUT2D eigenvalue weighted by Gasteiger charge is -2.03. The number of aryl methyl sites for hydroxylation is 3. The van der Waals surface area contributed by atoms with Gasteiger partial charge in [0.25, 0.3) is 0 Å². The van der Waals surface area contributed by atoms with Crippen LogP contribution in [0.15, 0.2) is 15.1 Å². The molecule has 0 spiro atoms. The lowest BCUT2D eigenvalue weighted by Crippen LogP contribution is -2.15. The minimum atomic E-state index is 0.618. The number of rotatable bonds is 5. The molecule has 0 radical (unpaired) electrons. The van der Waals surface area contributed by atoms with Crippen molar-refractivity contribution in [3.63, 3.8) is 0 Å². The maximum atomic E-state index is 5.40. The summed E-state index contributed by atoms with van der Waals surface area (Å²) in [5, 5.41) is 7.75. The highest BCUT2D eigenvalue weighted by atomic mass is 79.9. The molecule has 0 aliphatic carbocycles. The summed E-state index contributed by atoms with van der Waals surface area (Å²) in [6.45, 7) is 5.33. The largest absolute Gasteiger partial charge is 0.445 e. The van der Waals surface area contributed by atoms with E-state index in [1.807, 2.05) is 18.7 Å². The number of nitrogens with one attached hydrogen (secondary N) is 1. The Morgan fingerprint density at radius 1 is 1.44 bits per heavy atom. The molecule has 0 unspecified atom stereocenters. The van der Waals surface area contributed by atoms with E-state index >= 15 is 0 Å². The summed E-state index contributed by atoms with van der Waals surface area (Å²) in [7, 11) is 1.95. The Hall–Kier alpha value is -1.14. The highest BCUT2D eigenvalue weighted by Gasteiger charge is 2.12. The molecule has 0 fully saturated rings. The molecule has 2 rings (SSSR count). The van der Waals surface area contributed by atoms with Crippen LogP contribution in [0.25, 0.3) is 0 Å². The summed E-state index contributed by atoms with van der Waals surface area (Å²) in [5.41, 5.74) is 2.22. The van der Waals surface area contributed by atoms with Crippen LogP contribution in [0.3, 0.4) is 0 Å². The first-order chi connectivity index (χ1) is 8.61. The summed E-state index contributed by atoms with van der Waals surface area (Å²) in [4.78, 5) is 4.15. The summed E-state index contributed by atoms with van der Waals surface area (Å²) >= 11 is 3.59. The van der Waals surface area contributed by atoms with Gasteiger partial charge in [0.2, 0.25) is 5.89 Å². The van der Waals surface area contributed by atoms with Crippen LogP contribution in [0.1, 0.15) is 30.0 Å². The highest BCUT2D eigenvalue weighted by molar-refractivity contribution is 9.10. The molecule has 0 saturated carbocycles. The Balaban J connectivity index is 1.96. The van der Waals surface area contributed by atoms with Crippen molar-refractivity contribution in [1.29, 1.82) is 0 Å². The van der Waals surface area contributed by atoms with E-state index in [1.54, 1.807) is 6.20 Å². The van der Waals surface area contributed by atoms with E-state index in [-0.39, 0.29) is 0 Å². The first-order valence-electron chi connectivity index (χ1n) is 5.94. The van der Waals surface area contributed by atoms with Crippen LogP contribution < -0.4 is 5.32 Å². The molecule has 98 valence electrons. The minimum Gasteiger partial charge on any atom is -0.445 e. The standard InChI is InChI=1S/C12H17BrN4O/c1-4-9-12(13)10(17(3)16-9)6-14-7-11-15-5-8(2)18-11/h5,14H,4,6-7H2,1-3H3. The van der Waals surface area contributed by atoms with E-state index in [9.17, 15) is 0 Å². The number of aromatic nitrogens is 3. The fourth-order valence-electron chi connectivity index (χ4n) is 1.78.